The van der Waals surface area contributed by atoms with Gasteiger partial charge in [-0.15, -0.1) is 0 Å². The van der Waals surface area contributed by atoms with E-state index in [0.29, 0.717) is 6.42 Å². The quantitative estimate of drug-likeness (QED) is 0.315. The van der Waals surface area contributed by atoms with Gasteiger partial charge in [-0.2, -0.15) is 0 Å². The molecular formula is C6H13NaO. The molecule has 0 spiro atoms. The van der Waals surface area contributed by atoms with Gasteiger partial charge in [0.05, 0.1) is 0 Å². The Hall–Kier alpha value is 0.670. The topological polar surface area (TPSA) is 17.1 Å². The van der Waals surface area contributed by atoms with Crippen molar-refractivity contribution in [2.24, 2.45) is 5.41 Å². The van der Waals surface area contributed by atoms with Crippen molar-refractivity contribution in [1.29, 1.82) is 0 Å². The normalized spacial score (nSPS) is 9.88. The molecule has 0 aromatic heterocycles. The molecule has 0 heterocycles. The van der Waals surface area contributed by atoms with Gasteiger partial charge >= 0.3 is 29.6 Å². The predicted molar refractivity (Wildman–Crippen MR) is 31.2 cm³/mol. The van der Waals surface area contributed by atoms with Gasteiger partial charge in [-0.05, 0) is 5.41 Å². The average molecular weight is 124 g/mol. The minimum Gasteiger partial charge on any atom is -1.00 e. The molecular weight excluding hydrogens is 111 g/mol. The van der Waals surface area contributed by atoms with Crippen LogP contribution in [0.1, 0.15) is 28.6 Å². The summed E-state index contributed by atoms with van der Waals surface area (Å²) in [6.07, 6.45) is 1.62. The van der Waals surface area contributed by atoms with Crippen LogP contribution in [0.25, 0.3) is 0 Å². The summed E-state index contributed by atoms with van der Waals surface area (Å²) in [5.41, 5.74) is 0.182. The first-order valence-corrected chi connectivity index (χ1v) is 2.50. The molecule has 0 aromatic carbocycles. The second kappa shape index (κ2) is 4.54. The molecule has 0 unspecified atom stereocenters. The van der Waals surface area contributed by atoms with Crippen molar-refractivity contribution in [3.8, 4) is 0 Å². The second-order valence-electron chi connectivity index (χ2n) is 2.93. The Balaban J connectivity index is -0.000000180. The molecule has 0 atom stereocenters. The summed E-state index contributed by atoms with van der Waals surface area (Å²) in [7, 11) is 0. The Morgan fingerprint density at radius 1 is 1.50 bits per heavy atom. The van der Waals surface area contributed by atoms with Gasteiger partial charge in [0.2, 0.25) is 0 Å². The molecule has 0 aromatic rings. The average Bonchev–Trinajstić information content (AvgIpc) is 1.30. The zero-order valence-corrected chi connectivity index (χ0v) is 8.19. The van der Waals surface area contributed by atoms with E-state index in [0.717, 1.165) is 6.29 Å². The number of rotatable bonds is 1. The molecule has 1 nitrogen and oxygen atoms in total. The van der Waals surface area contributed by atoms with E-state index in [4.69, 9.17) is 0 Å². The molecule has 44 valence electrons. The molecule has 0 aliphatic rings. The maximum Gasteiger partial charge on any atom is 1.00 e. The third kappa shape index (κ3) is 9.83. The van der Waals surface area contributed by atoms with Crippen molar-refractivity contribution < 1.29 is 35.8 Å². The first kappa shape index (κ1) is 11.5. The van der Waals surface area contributed by atoms with Crippen LogP contribution in [0.15, 0.2) is 0 Å². The Bertz CT molecular complexity index is 67.9. The van der Waals surface area contributed by atoms with E-state index in [2.05, 4.69) is 0 Å². The van der Waals surface area contributed by atoms with Gasteiger partial charge in [-0.1, -0.05) is 20.8 Å². The van der Waals surface area contributed by atoms with Crippen molar-refractivity contribution in [2.75, 3.05) is 0 Å². The fourth-order valence-corrected chi connectivity index (χ4v) is 0.250. The number of hydrogen-bond acceptors (Lipinski definition) is 1. The van der Waals surface area contributed by atoms with Gasteiger partial charge < -0.3 is 6.22 Å². The van der Waals surface area contributed by atoms with Gasteiger partial charge in [0.15, 0.2) is 0 Å². The van der Waals surface area contributed by atoms with Gasteiger partial charge in [-0.3, -0.25) is 0 Å². The van der Waals surface area contributed by atoms with Gasteiger partial charge in [0.25, 0.3) is 0 Å². The molecule has 0 saturated heterocycles. The predicted octanol–water partition coefficient (Wildman–Crippen LogP) is -1.26. The third-order valence-corrected chi connectivity index (χ3v) is 0.696. The van der Waals surface area contributed by atoms with Crippen LogP contribution >= 0.6 is 0 Å². The standard InChI is InChI=1S/C6H12O.Na.H/c1-6(2,3)4-5-7;;/h5H,4H2,1-3H3;;/q;+1;-1. The van der Waals surface area contributed by atoms with E-state index in [9.17, 15) is 4.79 Å². The van der Waals surface area contributed by atoms with Crippen LogP contribution in [-0.4, -0.2) is 6.29 Å². The van der Waals surface area contributed by atoms with Crippen molar-refractivity contribution >= 4 is 6.29 Å². The molecule has 0 amide bonds. The summed E-state index contributed by atoms with van der Waals surface area (Å²) in [6, 6.07) is 0. The molecule has 8 heavy (non-hydrogen) atoms. The number of carbonyl (C=O) groups excluding carboxylic acids is 1. The van der Waals surface area contributed by atoms with E-state index in [1.54, 1.807) is 0 Å². The van der Waals surface area contributed by atoms with E-state index < -0.39 is 0 Å². The minimum atomic E-state index is 0. The van der Waals surface area contributed by atoms with E-state index in [1.807, 2.05) is 20.8 Å². The summed E-state index contributed by atoms with van der Waals surface area (Å²) in [5, 5.41) is 0. The van der Waals surface area contributed by atoms with Crippen LogP contribution < -0.4 is 29.6 Å². The van der Waals surface area contributed by atoms with E-state index in [1.165, 1.54) is 0 Å². The summed E-state index contributed by atoms with van der Waals surface area (Å²) >= 11 is 0. The second-order valence-corrected chi connectivity index (χ2v) is 2.93. The first-order valence-electron chi connectivity index (χ1n) is 2.50. The van der Waals surface area contributed by atoms with Crippen molar-refractivity contribution in [1.82, 2.24) is 0 Å². The molecule has 0 saturated carbocycles. The molecule has 0 N–H and O–H groups in total. The third-order valence-electron chi connectivity index (χ3n) is 0.696. The first-order chi connectivity index (χ1) is 3.06. The molecule has 2 heteroatoms. The monoisotopic (exact) mass is 124 g/mol. The van der Waals surface area contributed by atoms with Crippen LogP contribution in [0, 0.1) is 5.41 Å². The van der Waals surface area contributed by atoms with Crippen LogP contribution in [0.3, 0.4) is 0 Å². The molecule has 0 radical (unpaired) electrons. The zero-order valence-electron chi connectivity index (χ0n) is 7.19. The van der Waals surface area contributed by atoms with Crippen molar-refractivity contribution in [3.05, 3.63) is 0 Å². The molecule has 0 aliphatic heterocycles. The Morgan fingerprint density at radius 2 is 1.88 bits per heavy atom. The van der Waals surface area contributed by atoms with Crippen molar-refractivity contribution in [3.63, 3.8) is 0 Å². The maximum absolute atomic E-state index is 9.82. The Kier molecular flexibility index (Phi) is 6.51. The van der Waals surface area contributed by atoms with Gasteiger partial charge in [0.1, 0.15) is 6.29 Å². The summed E-state index contributed by atoms with van der Waals surface area (Å²) in [4.78, 5) is 9.82. The summed E-state index contributed by atoms with van der Waals surface area (Å²) in [6.45, 7) is 6.13. The minimum absolute atomic E-state index is 0. The van der Waals surface area contributed by atoms with Gasteiger partial charge in [-0.25, -0.2) is 0 Å². The number of hydrogen-bond donors (Lipinski definition) is 0. The van der Waals surface area contributed by atoms with Gasteiger partial charge in [0, 0.05) is 6.42 Å². The van der Waals surface area contributed by atoms with E-state index in [-0.39, 0.29) is 36.4 Å². The fraction of sp³-hybridized carbons (Fsp3) is 0.833. The SMILES string of the molecule is CC(C)(C)CC=O.[H-].[Na+]. The zero-order chi connectivity index (χ0) is 5.91. The summed E-state index contributed by atoms with van der Waals surface area (Å²) in [5.74, 6) is 0. The molecule has 0 fully saturated rings. The van der Waals surface area contributed by atoms with Crippen LogP contribution in [0.5, 0.6) is 0 Å². The Labute approximate surface area is 74.6 Å². The fourth-order valence-electron chi connectivity index (χ4n) is 0.250. The largest absolute Gasteiger partial charge is 1.00 e. The summed E-state index contributed by atoms with van der Waals surface area (Å²) < 4.78 is 0. The van der Waals surface area contributed by atoms with Crippen LogP contribution in [0.4, 0.5) is 0 Å². The van der Waals surface area contributed by atoms with Crippen LogP contribution in [-0.2, 0) is 4.79 Å². The number of carbonyl (C=O) groups is 1. The molecule has 0 rings (SSSR count). The molecule has 0 aliphatic carbocycles. The maximum atomic E-state index is 9.82. The van der Waals surface area contributed by atoms with E-state index >= 15 is 0 Å². The smallest absolute Gasteiger partial charge is 1.00 e. The Morgan fingerprint density at radius 3 is 1.88 bits per heavy atom. The van der Waals surface area contributed by atoms with Crippen molar-refractivity contribution in [2.45, 2.75) is 27.2 Å². The van der Waals surface area contributed by atoms with Crippen LogP contribution in [0.2, 0.25) is 0 Å². The number of aldehydes is 1. The molecule has 0 bridgehead atoms.